The minimum atomic E-state index is -0.584. The van der Waals surface area contributed by atoms with Gasteiger partial charge in [0.05, 0.1) is 123 Å². The number of ether oxygens (including phenoxy) is 8. The third-order valence-corrected chi connectivity index (χ3v) is 12.2. The Hall–Kier alpha value is -5.17. The SMILES string of the molecule is CCCN(C(=O)CSCCNC(=O)CCOCCOCCOCCOCCOCCOCCOCCOCCNC(=O)CCN1C(=O)C=CC1=O)[C@@H](c1nc(-c2cc(F)ccc2F)cn1Cc1ccccc1)C(C)(C)C. The van der Waals surface area contributed by atoms with Crippen molar-refractivity contribution >= 4 is 41.3 Å². The Morgan fingerprint density at radius 3 is 1.74 bits per heavy atom. The van der Waals surface area contributed by atoms with Crippen molar-refractivity contribution in [3.63, 3.8) is 0 Å². The van der Waals surface area contributed by atoms with E-state index in [1.807, 2.05) is 67.5 Å². The van der Waals surface area contributed by atoms with Gasteiger partial charge in [0.2, 0.25) is 17.7 Å². The molecule has 0 saturated carbocycles. The molecule has 0 unspecified atom stereocenters. The number of halogens is 2. The van der Waals surface area contributed by atoms with Crippen molar-refractivity contribution in [3.8, 4) is 11.3 Å². The lowest BCUT2D eigenvalue weighted by atomic mass is 9.84. The molecule has 3 aromatic rings. The van der Waals surface area contributed by atoms with Crippen molar-refractivity contribution in [2.24, 2.45) is 5.41 Å². The molecular formula is C54H78F2N6O13S. The number of carbonyl (C=O) groups is 5. The maximum absolute atomic E-state index is 15.1. The molecule has 0 fully saturated rings. The maximum Gasteiger partial charge on any atom is 0.253 e. The highest BCUT2D eigenvalue weighted by Gasteiger charge is 2.38. The predicted molar refractivity (Wildman–Crippen MR) is 282 cm³/mol. The van der Waals surface area contributed by atoms with Gasteiger partial charge in [-0.15, -0.1) is 0 Å². The van der Waals surface area contributed by atoms with Crippen LogP contribution in [-0.4, -0.2) is 192 Å². The number of hydrogen-bond acceptors (Lipinski definition) is 15. The summed E-state index contributed by atoms with van der Waals surface area (Å²) in [6.45, 7) is 16.0. The maximum atomic E-state index is 15.1. The van der Waals surface area contributed by atoms with Crippen LogP contribution in [0.2, 0.25) is 0 Å². The third-order valence-electron chi connectivity index (χ3n) is 11.3. The minimum absolute atomic E-state index is 0.0363. The number of aromatic nitrogens is 2. The smallest absolute Gasteiger partial charge is 0.253 e. The zero-order valence-electron chi connectivity index (χ0n) is 44.6. The van der Waals surface area contributed by atoms with Gasteiger partial charge >= 0.3 is 0 Å². The van der Waals surface area contributed by atoms with Crippen LogP contribution in [0, 0.1) is 17.0 Å². The van der Waals surface area contributed by atoms with Crippen LogP contribution < -0.4 is 10.6 Å². The van der Waals surface area contributed by atoms with Gasteiger partial charge in [-0.2, -0.15) is 11.8 Å². The second kappa shape index (κ2) is 36.8. The zero-order valence-corrected chi connectivity index (χ0v) is 45.4. The number of benzene rings is 2. The number of carbonyl (C=O) groups excluding carboxylic acids is 5. The average molecular weight is 1090 g/mol. The van der Waals surface area contributed by atoms with E-state index in [0.29, 0.717) is 149 Å². The summed E-state index contributed by atoms with van der Waals surface area (Å²) < 4.78 is 75.3. The zero-order chi connectivity index (χ0) is 54.8. The number of nitrogens with one attached hydrogen (secondary N) is 2. The van der Waals surface area contributed by atoms with E-state index in [9.17, 15) is 28.4 Å². The van der Waals surface area contributed by atoms with Crippen molar-refractivity contribution in [2.45, 2.75) is 59.5 Å². The van der Waals surface area contributed by atoms with Gasteiger partial charge in [0.25, 0.3) is 11.8 Å². The molecule has 0 saturated heterocycles. The van der Waals surface area contributed by atoms with Gasteiger partial charge in [-0.3, -0.25) is 28.9 Å². The molecule has 0 radical (unpaired) electrons. The Kier molecular flexibility index (Phi) is 30.7. The Bertz CT molecular complexity index is 2200. The summed E-state index contributed by atoms with van der Waals surface area (Å²) in [5.74, 6) is -1.16. The van der Waals surface area contributed by atoms with E-state index in [4.69, 9.17) is 42.9 Å². The average Bonchev–Trinajstić information content (AvgIpc) is 3.96. The molecule has 22 heteroatoms. The number of hydrogen-bond donors (Lipinski definition) is 2. The number of thioether (sulfide) groups is 1. The van der Waals surface area contributed by atoms with E-state index in [2.05, 4.69) is 10.6 Å². The predicted octanol–water partition coefficient (Wildman–Crippen LogP) is 5.01. The molecule has 422 valence electrons. The third kappa shape index (κ3) is 24.9. The molecule has 76 heavy (non-hydrogen) atoms. The summed E-state index contributed by atoms with van der Waals surface area (Å²) in [4.78, 5) is 69.1. The molecular weight excluding hydrogens is 1010 g/mol. The van der Waals surface area contributed by atoms with Crippen LogP contribution >= 0.6 is 11.8 Å². The Labute approximate surface area is 450 Å². The first-order valence-corrected chi connectivity index (χ1v) is 27.1. The van der Waals surface area contributed by atoms with E-state index in [1.165, 1.54) is 23.9 Å². The van der Waals surface area contributed by atoms with Gasteiger partial charge in [0.15, 0.2) is 0 Å². The van der Waals surface area contributed by atoms with Gasteiger partial charge in [-0.25, -0.2) is 13.8 Å². The first kappa shape index (κ1) is 63.4. The Balaban J connectivity index is 0.936. The van der Waals surface area contributed by atoms with Crippen LogP contribution in [0.25, 0.3) is 11.3 Å². The number of imide groups is 1. The van der Waals surface area contributed by atoms with Crippen molar-refractivity contribution in [3.05, 3.63) is 89.9 Å². The van der Waals surface area contributed by atoms with Crippen LogP contribution in [0.3, 0.4) is 0 Å². The highest BCUT2D eigenvalue weighted by molar-refractivity contribution is 7.99. The fourth-order valence-corrected chi connectivity index (χ4v) is 8.36. The molecule has 2 heterocycles. The topological polar surface area (TPSA) is 208 Å². The molecule has 1 atom stereocenters. The van der Waals surface area contributed by atoms with Crippen LogP contribution in [0.5, 0.6) is 0 Å². The van der Waals surface area contributed by atoms with Crippen molar-refractivity contribution in [1.82, 2.24) is 30.0 Å². The van der Waals surface area contributed by atoms with Gasteiger partial charge < -0.3 is 58.0 Å². The van der Waals surface area contributed by atoms with Crippen LogP contribution in [0.1, 0.15) is 64.4 Å². The second-order valence-electron chi connectivity index (χ2n) is 18.4. The fraction of sp³-hybridized carbons (Fsp3) is 0.593. The molecule has 0 spiro atoms. The van der Waals surface area contributed by atoms with Crippen LogP contribution in [-0.2, 0) is 68.4 Å². The lowest BCUT2D eigenvalue weighted by Crippen LogP contribution is -2.44. The summed E-state index contributed by atoms with van der Waals surface area (Å²) in [7, 11) is 0. The summed E-state index contributed by atoms with van der Waals surface area (Å²) in [5, 5.41) is 5.57. The monoisotopic (exact) mass is 1090 g/mol. The molecule has 2 aromatic carbocycles. The van der Waals surface area contributed by atoms with Crippen LogP contribution in [0.4, 0.5) is 8.78 Å². The number of imidazole rings is 1. The van der Waals surface area contributed by atoms with Crippen LogP contribution in [0.15, 0.2) is 66.9 Å². The van der Waals surface area contributed by atoms with E-state index >= 15 is 4.39 Å². The quantitative estimate of drug-likeness (QED) is 0.0565. The summed E-state index contributed by atoms with van der Waals surface area (Å²) >= 11 is 1.43. The summed E-state index contributed by atoms with van der Waals surface area (Å²) in [5.41, 5.74) is 0.865. The van der Waals surface area contributed by atoms with E-state index in [-0.39, 0.29) is 55.0 Å². The van der Waals surface area contributed by atoms with Crippen molar-refractivity contribution < 1.29 is 70.6 Å². The summed E-state index contributed by atoms with van der Waals surface area (Å²) in [6.07, 6.45) is 5.04. The normalized spacial score (nSPS) is 12.9. The first-order chi connectivity index (χ1) is 36.8. The molecule has 19 nitrogen and oxygen atoms in total. The number of nitrogens with zero attached hydrogens (tertiary/aromatic N) is 4. The second-order valence-corrected chi connectivity index (χ2v) is 19.5. The van der Waals surface area contributed by atoms with Gasteiger partial charge in [0.1, 0.15) is 17.5 Å². The largest absolute Gasteiger partial charge is 0.379 e. The lowest BCUT2D eigenvalue weighted by Gasteiger charge is -2.40. The molecule has 0 bridgehead atoms. The van der Waals surface area contributed by atoms with Crippen molar-refractivity contribution in [1.29, 1.82) is 0 Å². The van der Waals surface area contributed by atoms with Gasteiger partial charge in [-0.1, -0.05) is 58.0 Å². The Morgan fingerprint density at radius 1 is 0.684 bits per heavy atom. The molecule has 1 aliphatic heterocycles. The number of rotatable bonds is 42. The van der Waals surface area contributed by atoms with Crippen molar-refractivity contribution in [2.75, 3.05) is 143 Å². The van der Waals surface area contributed by atoms with E-state index in [1.54, 1.807) is 6.20 Å². The standard InChI is InChI=1S/C54H78F2N6O13S/c1-5-19-62(52(54(2,3)4)53-59-46(44-38-43(55)11-12-45(44)56)40-60(53)39-42-9-7-6-8-10-42)51(67)41-76-37-18-58-48(64)16-21-68-23-25-70-27-29-72-31-33-74-35-36-75-34-32-73-30-28-71-26-24-69-22-17-57-47(63)15-20-61-49(65)13-14-50(61)66/h6-14,38,40,52H,5,15-37,39,41H2,1-4H3,(H,57,63)(H,58,64)/t52-/m0/s1. The fourth-order valence-electron chi connectivity index (χ4n) is 7.63. The lowest BCUT2D eigenvalue weighted by molar-refractivity contribution is -0.137. The molecule has 1 aliphatic rings. The number of amides is 5. The molecule has 0 aliphatic carbocycles. The minimum Gasteiger partial charge on any atom is -0.379 e. The van der Waals surface area contributed by atoms with E-state index < -0.39 is 34.9 Å². The molecule has 4 rings (SSSR count). The molecule has 1 aromatic heterocycles. The first-order valence-electron chi connectivity index (χ1n) is 25.9. The van der Waals surface area contributed by atoms with Gasteiger partial charge in [-0.05, 0) is 35.6 Å². The molecule has 2 N–H and O–H groups in total. The summed E-state index contributed by atoms with van der Waals surface area (Å²) in [6, 6.07) is 12.6. The molecule has 5 amide bonds. The Morgan fingerprint density at radius 2 is 1.20 bits per heavy atom. The highest BCUT2D eigenvalue weighted by atomic mass is 32.2. The van der Waals surface area contributed by atoms with Gasteiger partial charge in [0, 0.05) is 75.2 Å². The van der Waals surface area contributed by atoms with E-state index in [0.717, 1.165) is 28.7 Å². The highest BCUT2D eigenvalue weighted by Crippen LogP contribution is 2.40.